The third-order valence-electron chi connectivity index (χ3n) is 9.16. The van der Waals surface area contributed by atoms with Crippen molar-refractivity contribution >= 4 is 35.8 Å². The summed E-state index contributed by atoms with van der Waals surface area (Å²) < 4.78 is 16.7. The minimum atomic E-state index is -1.35. The van der Waals surface area contributed by atoms with Crippen molar-refractivity contribution in [3.05, 3.63) is 129 Å². The smallest absolute Gasteiger partial charge is 0.408 e. The summed E-state index contributed by atoms with van der Waals surface area (Å²) in [5.74, 6) is -1.34. The van der Waals surface area contributed by atoms with Gasteiger partial charge in [0.15, 0.2) is 0 Å². The Morgan fingerprint density at radius 2 is 1.61 bits per heavy atom. The van der Waals surface area contributed by atoms with Crippen LogP contribution in [0.3, 0.4) is 0 Å². The van der Waals surface area contributed by atoms with Crippen molar-refractivity contribution in [2.45, 2.75) is 70.3 Å². The van der Waals surface area contributed by atoms with Gasteiger partial charge in [-0.1, -0.05) is 74.5 Å². The standard InChI is InChI=1S/C42H45N5O10/c1-26(2)19-31(24-48)43-39(49)34-20-28-11-16-33(17-12-28)57-38-23-30(13-18-37(38)47(53)54)22-36(46-42(52)56-25-29-7-5-4-6-8-29)41(51)45-35(40(50)44-34)21-27-9-14-32(55-3)15-10-27/h4-18,23-24,26,31,34-36H,19-22,25H2,1-3H3,(H,43,49)(H,44,50)(H,45,51)(H,46,52)/t31-,34-,35-,36-/m0/s1. The first-order valence-electron chi connectivity index (χ1n) is 18.4. The lowest BCUT2D eigenvalue weighted by atomic mass is 10.00. The summed E-state index contributed by atoms with van der Waals surface area (Å²) in [4.78, 5) is 78.8. The van der Waals surface area contributed by atoms with Crippen LogP contribution in [0, 0.1) is 16.0 Å². The zero-order valence-corrected chi connectivity index (χ0v) is 31.8. The number of nitrogens with zero attached hydrogens (tertiary/aromatic N) is 1. The summed E-state index contributed by atoms with van der Waals surface area (Å²) in [5.41, 5.74) is 1.99. The number of benzene rings is 4. The van der Waals surface area contributed by atoms with E-state index in [-0.39, 0.29) is 49.0 Å². The largest absolute Gasteiger partial charge is 0.497 e. The number of alkyl carbamates (subject to hydrolysis) is 1. The Morgan fingerprint density at radius 3 is 2.26 bits per heavy atom. The van der Waals surface area contributed by atoms with Crippen LogP contribution in [0.4, 0.5) is 10.5 Å². The molecule has 6 rings (SSSR count). The number of carbonyl (C=O) groups is 5. The molecule has 4 N–H and O–H groups in total. The number of nitro groups is 1. The average Bonchev–Trinajstić information content (AvgIpc) is 3.19. The summed E-state index contributed by atoms with van der Waals surface area (Å²) in [7, 11) is 1.51. The maximum Gasteiger partial charge on any atom is 0.408 e. The molecule has 57 heavy (non-hydrogen) atoms. The topological polar surface area (TPSA) is 204 Å². The van der Waals surface area contributed by atoms with E-state index in [1.54, 1.807) is 72.8 Å². The highest BCUT2D eigenvalue weighted by Crippen LogP contribution is 2.33. The van der Waals surface area contributed by atoms with Crippen molar-refractivity contribution in [3.8, 4) is 17.2 Å². The molecule has 0 saturated heterocycles. The van der Waals surface area contributed by atoms with Gasteiger partial charge in [-0.2, -0.15) is 0 Å². The van der Waals surface area contributed by atoms with Crippen molar-refractivity contribution in [2.75, 3.05) is 7.11 Å². The highest BCUT2D eigenvalue weighted by atomic mass is 16.6. The molecule has 2 heterocycles. The third kappa shape index (κ3) is 12.1. The van der Waals surface area contributed by atoms with E-state index in [2.05, 4.69) is 21.3 Å². The molecule has 4 atom stereocenters. The Kier molecular flexibility index (Phi) is 14.3. The van der Waals surface area contributed by atoms with Gasteiger partial charge in [-0.3, -0.25) is 24.5 Å². The summed E-state index contributed by atoms with van der Waals surface area (Å²) >= 11 is 0. The minimum Gasteiger partial charge on any atom is -0.497 e. The normalized spacial score (nSPS) is 17.5. The molecule has 0 radical (unpaired) electrons. The van der Waals surface area contributed by atoms with Crippen molar-refractivity contribution < 1.29 is 43.1 Å². The molecule has 15 nitrogen and oxygen atoms in total. The van der Waals surface area contributed by atoms with E-state index in [9.17, 15) is 34.1 Å². The molecule has 4 aromatic carbocycles. The minimum absolute atomic E-state index is 0.0264. The first-order chi connectivity index (χ1) is 27.4. The monoisotopic (exact) mass is 779 g/mol. The highest BCUT2D eigenvalue weighted by Gasteiger charge is 2.32. The van der Waals surface area contributed by atoms with E-state index >= 15 is 0 Å². The second-order valence-electron chi connectivity index (χ2n) is 14.0. The zero-order valence-electron chi connectivity index (χ0n) is 31.8. The number of methoxy groups -OCH3 is 1. The lowest BCUT2D eigenvalue weighted by Crippen LogP contribution is -2.58. The second-order valence-corrected chi connectivity index (χ2v) is 14.0. The van der Waals surface area contributed by atoms with E-state index in [0.29, 0.717) is 40.7 Å². The number of hydrogen-bond acceptors (Lipinski definition) is 10. The Morgan fingerprint density at radius 1 is 0.912 bits per heavy atom. The molecule has 0 unspecified atom stereocenters. The number of ether oxygens (including phenoxy) is 3. The van der Waals surface area contributed by atoms with Crippen LogP contribution in [0.15, 0.2) is 97.1 Å². The fourth-order valence-electron chi connectivity index (χ4n) is 6.23. The highest BCUT2D eigenvalue weighted by molar-refractivity contribution is 5.94. The maximum atomic E-state index is 14.3. The van der Waals surface area contributed by atoms with Gasteiger partial charge in [0.25, 0.3) is 0 Å². The Labute approximate surface area is 329 Å². The van der Waals surface area contributed by atoms with Crippen LogP contribution in [0.25, 0.3) is 0 Å². The predicted octanol–water partition coefficient (Wildman–Crippen LogP) is 4.73. The van der Waals surface area contributed by atoms with E-state index in [4.69, 9.17) is 14.2 Å². The number of aldehydes is 1. The Bertz CT molecular complexity index is 2040. The van der Waals surface area contributed by atoms with Crippen LogP contribution in [-0.2, 0) is 49.8 Å². The average molecular weight is 780 g/mol. The molecule has 0 fully saturated rings. The van der Waals surface area contributed by atoms with Crippen LogP contribution < -0.4 is 30.7 Å². The molecule has 0 spiro atoms. The third-order valence-corrected chi connectivity index (χ3v) is 9.16. The number of rotatable bonds is 12. The Hall–Kier alpha value is -6.77. The zero-order chi connectivity index (χ0) is 40.9. The van der Waals surface area contributed by atoms with Gasteiger partial charge >= 0.3 is 11.8 Å². The Balaban J connectivity index is 1.54. The lowest BCUT2D eigenvalue weighted by Gasteiger charge is -2.26. The molecular formula is C42H45N5O10. The van der Waals surface area contributed by atoms with Crippen molar-refractivity contribution in [1.29, 1.82) is 0 Å². The van der Waals surface area contributed by atoms with Gasteiger partial charge in [-0.05, 0) is 64.9 Å². The molecule has 15 heteroatoms. The molecule has 0 aliphatic carbocycles. The summed E-state index contributed by atoms with van der Waals surface area (Å²) in [6.45, 7) is 3.72. The van der Waals surface area contributed by atoms with Crippen molar-refractivity contribution in [3.63, 3.8) is 0 Å². The molecule has 0 saturated carbocycles. The van der Waals surface area contributed by atoms with E-state index in [1.165, 1.54) is 25.3 Å². The molecule has 4 aromatic rings. The summed E-state index contributed by atoms with van der Waals surface area (Å²) in [6, 6.07) is 21.6. The quantitative estimate of drug-likeness (QED) is 0.0884. The van der Waals surface area contributed by atoms with Gasteiger partial charge in [0.2, 0.25) is 23.5 Å². The molecule has 4 amide bonds. The molecule has 4 bridgehead atoms. The fraction of sp³-hybridized carbons (Fsp3) is 0.310. The second kappa shape index (κ2) is 19.7. The van der Waals surface area contributed by atoms with Crippen molar-refractivity contribution in [1.82, 2.24) is 21.3 Å². The van der Waals surface area contributed by atoms with Crippen LogP contribution in [-0.4, -0.2) is 66.3 Å². The van der Waals surface area contributed by atoms with Gasteiger partial charge in [0.05, 0.1) is 18.1 Å². The summed E-state index contributed by atoms with van der Waals surface area (Å²) in [6.07, 6.45) is -0.167. The fourth-order valence-corrected chi connectivity index (χ4v) is 6.23. The number of fused-ring (bicyclic) bond motifs is 10. The van der Waals surface area contributed by atoms with Gasteiger partial charge in [0.1, 0.15) is 42.5 Å². The molecular weight excluding hydrogens is 734 g/mol. The first-order valence-corrected chi connectivity index (χ1v) is 18.4. The van der Waals surface area contributed by atoms with Crippen LogP contribution >= 0.6 is 0 Å². The number of nitro benzene ring substituents is 1. The molecule has 2 aliphatic heterocycles. The van der Waals surface area contributed by atoms with Crippen LogP contribution in [0.1, 0.15) is 42.5 Å². The molecule has 0 aromatic heterocycles. The SMILES string of the molecule is COc1ccc(C[C@@H]2NC(=O)[C@@H](NC(=O)OCc3ccccc3)Cc3ccc([N+](=O)[O-])c(c3)Oc3ccc(cc3)C[C@@H](C(=O)N[C@H](C=O)CC(C)C)NC2=O)cc1. The summed E-state index contributed by atoms with van der Waals surface area (Å²) in [5, 5.41) is 22.9. The number of amides is 4. The molecule has 2 aliphatic rings. The van der Waals surface area contributed by atoms with Crippen molar-refractivity contribution in [2.24, 2.45) is 5.92 Å². The van der Waals surface area contributed by atoms with Gasteiger partial charge in [-0.25, -0.2) is 4.79 Å². The molecule has 298 valence electrons. The van der Waals surface area contributed by atoms with Crippen LogP contribution in [0.2, 0.25) is 0 Å². The van der Waals surface area contributed by atoms with Crippen LogP contribution in [0.5, 0.6) is 17.2 Å². The van der Waals surface area contributed by atoms with Gasteiger partial charge < -0.3 is 40.3 Å². The maximum absolute atomic E-state index is 14.3. The lowest BCUT2D eigenvalue weighted by molar-refractivity contribution is -0.385. The number of hydrogen-bond donors (Lipinski definition) is 4. The first kappa shape index (κ1) is 41.4. The van der Waals surface area contributed by atoms with E-state index in [0.717, 1.165) is 0 Å². The van der Waals surface area contributed by atoms with E-state index in [1.807, 2.05) is 19.9 Å². The number of nitrogens with one attached hydrogen (secondary N) is 4. The van der Waals surface area contributed by atoms with Gasteiger partial charge in [0, 0.05) is 25.3 Å². The number of carbonyl (C=O) groups excluding carboxylic acids is 5. The predicted molar refractivity (Wildman–Crippen MR) is 209 cm³/mol. The van der Waals surface area contributed by atoms with Gasteiger partial charge in [-0.15, -0.1) is 0 Å². The van der Waals surface area contributed by atoms with E-state index < -0.39 is 52.9 Å².